The zero-order valence-electron chi connectivity index (χ0n) is 6.13. The van der Waals surface area contributed by atoms with Crippen molar-refractivity contribution < 1.29 is 9.53 Å². The van der Waals surface area contributed by atoms with E-state index in [1.54, 1.807) is 0 Å². The second-order valence-corrected chi connectivity index (χ2v) is 2.30. The van der Waals surface area contributed by atoms with Crippen LogP contribution in [0.25, 0.3) is 0 Å². The molecule has 0 aromatic carbocycles. The fourth-order valence-corrected chi connectivity index (χ4v) is 0.965. The third kappa shape index (κ3) is 1.10. The first kappa shape index (κ1) is 7.06. The van der Waals surface area contributed by atoms with Gasteiger partial charge in [-0.15, -0.1) is 0 Å². The lowest BCUT2D eigenvalue weighted by Crippen LogP contribution is -2.12. The molecule has 1 aliphatic carbocycles. The van der Waals surface area contributed by atoms with E-state index in [9.17, 15) is 4.79 Å². The molecule has 0 saturated carbocycles. The van der Waals surface area contributed by atoms with Gasteiger partial charge in [0.05, 0.1) is 13.0 Å². The smallest absolute Gasteiger partial charge is 0.316 e. The van der Waals surface area contributed by atoms with Gasteiger partial charge in [-0.1, -0.05) is 23.8 Å². The van der Waals surface area contributed by atoms with E-state index < -0.39 is 0 Å². The number of rotatable bonds is 1. The molecule has 0 radical (unpaired) electrons. The molecule has 2 heteroatoms. The number of methoxy groups -OCH3 is 1. The monoisotopic (exact) mass is 138 g/mol. The van der Waals surface area contributed by atoms with Gasteiger partial charge in [0.15, 0.2) is 0 Å². The highest BCUT2D eigenvalue weighted by atomic mass is 16.5. The van der Waals surface area contributed by atoms with Gasteiger partial charge >= 0.3 is 5.97 Å². The second kappa shape index (κ2) is 2.69. The van der Waals surface area contributed by atoms with Gasteiger partial charge in [0.1, 0.15) is 0 Å². The molecule has 0 heterocycles. The topological polar surface area (TPSA) is 26.3 Å². The van der Waals surface area contributed by atoms with Gasteiger partial charge < -0.3 is 4.74 Å². The molecule has 0 spiro atoms. The molecule has 0 N–H and O–H groups in total. The van der Waals surface area contributed by atoms with E-state index in [2.05, 4.69) is 4.74 Å². The van der Waals surface area contributed by atoms with Crippen LogP contribution in [0.3, 0.4) is 0 Å². The zero-order valence-corrected chi connectivity index (χ0v) is 6.13. The highest BCUT2D eigenvalue weighted by molar-refractivity contribution is 5.78. The zero-order chi connectivity index (χ0) is 7.56. The summed E-state index contributed by atoms with van der Waals surface area (Å²) in [5.41, 5.74) is 1.05. The lowest BCUT2D eigenvalue weighted by molar-refractivity contribution is -0.142. The molecule has 1 rings (SSSR count). The summed E-state index contributed by atoms with van der Waals surface area (Å²) in [6.45, 7) is 1.92. The van der Waals surface area contributed by atoms with Crippen molar-refractivity contribution in [1.29, 1.82) is 0 Å². The van der Waals surface area contributed by atoms with Crippen molar-refractivity contribution >= 4 is 5.97 Å². The van der Waals surface area contributed by atoms with Crippen LogP contribution in [0, 0.1) is 5.92 Å². The van der Waals surface area contributed by atoms with Crippen molar-refractivity contribution in [3.05, 3.63) is 23.8 Å². The highest BCUT2D eigenvalue weighted by Crippen LogP contribution is 2.19. The van der Waals surface area contributed by atoms with Crippen molar-refractivity contribution in [2.75, 3.05) is 7.11 Å². The maximum atomic E-state index is 10.9. The Kier molecular flexibility index (Phi) is 1.90. The van der Waals surface area contributed by atoms with Gasteiger partial charge in [0.2, 0.25) is 0 Å². The van der Waals surface area contributed by atoms with Crippen LogP contribution in [0.1, 0.15) is 6.92 Å². The molecule has 1 atom stereocenters. The minimum absolute atomic E-state index is 0.134. The Morgan fingerprint density at radius 1 is 1.70 bits per heavy atom. The van der Waals surface area contributed by atoms with Crippen molar-refractivity contribution in [3.63, 3.8) is 0 Å². The van der Waals surface area contributed by atoms with E-state index in [1.807, 2.05) is 25.2 Å². The standard InChI is InChI=1S/C8H10O2/c1-6-4-3-5-7(6)8(9)10-2/h3-5,7H,1-2H3. The predicted octanol–water partition coefficient (Wildman–Crippen LogP) is 1.29. The van der Waals surface area contributed by atoms with Crippen LogP contribution >= 0.6 is 0 Å². The van der Waals surface area contributed by atoms with Gasteiger partial charge in [-0.05, 0) is 6.92 Å². The first-order valence-corrected chi connectivity index (χ1v) is 3.18. The largest absolute Gasteiger partial charge is 0.468 e. The van der Waals surface area contributed by atoms with Gasteiger partial charge in [0, 0.05) is 0 Å². The Labute approximate surface area is 60.2 Å². The fraction of sp³-hybridized carbons (Fsp3) is 0.375. The highest BCUT2D eigenvalue weighted by Gasteiger charge is 2.19. The summed E-state index contributed by atoms with van der Waals surface area (Å²) in [7, 11) is 1.40. The number of carbonyl (C=O) groups excluding carboxylic acids is 1. The lowest BCUT2D eigenvalue weighted by Gasteiger charge is -2.05. The fourth-order valence-electron chi connectivity index (χ4n) is 0.965. The summed E-state index contributed by atoms with van der Waals surface area (Å²) in [4.78, 5) is 10.9. The van der Waals surface area contributed by atoms with Crippen LogP contribution in [-0.2, 0) is 9.53 Å². The number of allylic oxidation sites excluding steroid dienone is 2. The van der Waals surface area contributed by atoms with Crippen LogP contribution in [0.15, 0.2) is 23.8 Å². The molecule has 1 aliphatic rings. The third-order valence-electron chi connectivity index (χ3n) is 1.61. The molecule has 54 valence electrons. The Morgan fingerprint density at radius 2 is 2.40 bits per heavy atom. The molecular weight excluding hydrogens is 128 g/mol. The van der Waals surface area contributed by atoms with Gasteiger partial charge in [-0.2, -0.15) is 0 Å². The first-order chi connectivity index (χ1) is 4.75. The SMILES string of the molecule is COC(=O)C1C=CC=C1C. The van der Waals surface area contributed by atoms with Gasteiger partial charge in [-0.3, -0.25) is 4.79 Å². The summed E-state index contributed by atoms with van der Waals surface area (Å²) >= 11 is 0. The summed E-state index contributed by atoms with van der Waals surface area (Å²) in [6, 6.07) is 0. The molecule has 0 fully saturated rings. The average molecular weight is 138 g/mol. The number of esters is 1. The number of ether oxygens (including phenoxy) is 1. The molecule has 0 amide bonds. The maximum absolute atomic E-state index is 10.9. The van der Waals surface area contributed by atoms with Gasteiger partial charge in [0.25, 0.3) is 0 Å². The number of hydrogen-bond acceptors (Lipinski definition) is 2. The quantitative estimate of drug-likeness (QED) is 0.510. The molecule has 0 saturated heterocycles. The van der Waals surface area contributed by atoms with Crippen molar-refractivity contribution in [2.45, 2.75) is 6.92 Å². The average Bonchev–Trinajstić information content (AvgIpc) is 2.34. The van der Waals surface area contributed by atoms with Gasteiger partial charge in [-0.25, -0.2) is 0 Å². The van der Waals surface area contributed by atoms with E-state index in [4.69, 9.17) is 0 Å². The van der Waals surface area contributed by atoms with Crippen LogP contribution in [-0.4, -0.2) is 13.1 Å². The maximum Gasteiger partial charge on any atom is 0.316 e. The van der Waals surface area contributed by atoms with Crippen LogP contribution < -0.4 is 0 Å². The van der Waals surface area contributed by atoms with Crippen LogP contribution in [0.2, 0.25) is 0 Å². The first-order valence-electron chi connectivity index (χ1n) is 3.18. The van der Waals surface area contributed by atoms with Crippen molar-refractivity contribution in [3.8, 4) is 0 Å². The molecule has 0 aliphatic heterocycles. The Bertz CT molecular complexity index is 201. The number of carbonyl (C=O) groups is 1. The summed E-state index contributed by atoms with van der Waals surface area (Å²) in [6.07, 6.45) is 5.62. The summed E-state index contributed by atoms with van der Waals surface area (Å²) in [5.74, 6) is -0.313. The molecule has 0 aromatic heterocycles. The lowest BCUT2D eigenvalue weighted by atomic mass is 10.1. The minimum Gasteiger partial charge on any atom is -0.468 e. The Balaban J connectivity index is 2.66. The number of hydrogen-bond donors (Lipinski definition) is 0. The predicted molar refractivity (Wildman–Crippen MR) is 38.4 cm³/mol. The molecule has 10 heavy (non-hydrogen) atoms. The van der Waals surface area contributed by atoms with Crippen LogP contribution in [0.5, 0.6) is 0 Å². The van der Waals surface area contributed by atoms with Crippen molar-refractivity contribution in [1.82, 2.24) is 0 Å². The molecular formula is C8H10O2. The second-order valence-electron chi connectivity index (χ2n) is 2.30. The summed E-state index contributed by atoms with van der Waals surface area (Å²) < 4.78 is 4.57. The Hall–Kier alpha value is -1.05. The molecule has 0 bridgehead atoms. The molecule has 0 aromatic rings. The van der Waals surface area contributed by atoms with Crippen molar-refractivity contribution in [2.24, 2.45) is 5.92 Å². The minimum atomic E-state index is -0.178. The van der Waals surface area contributed by atoms with E-state index >= 15 is 0 Å². The van der Waals surface area contributed by atoms with E-state index in [0.717, 1.165) is 5.57 Å². The van der Waals surface area contributed by atoms with E-state index in [1.165, 1.54) is 7.11 Å². The van der Waals surface area contributed by atoms with Crippen LogP contribution in [0.4, 0.5) is 0 Å². The third-order valence-corrected chi connectivity index (χ3v) is 1.61. The Morgan fingerprint density at radius 3 is 2.80 bits per heavy atom. The molecule has 2 nitrogen and oxygen atoms in total. The summed E-state index contributed by atoms with van der Waals surface area (Å²) in [5, 5.41) is 0. The normalized spacial score (nSPS) is 22.6. The van der Waals surface area contributed by atoms with E-state index in [0.29, 0.717) is 0 Å². The van der Waals surface area contributed by atoms with E-state index in [-0.39, 0.29) is 11.9 Å². The molecule has 1 unspecified atom stereocenters.